The molecule has 84 valence electrons. The number of nitrogens with two attached hydrogens (primary N) is 1. The van der Waals surface area contributed by atoms with Crippen molar-refractivity contribution in [3.05, 3.63) is 30.1 Å². The number of hydrogen-bond acceptors (Lipinski definition) is 3. The van der Waals surface area contributed by atoms with E-state index in [4.69, 9.17) is 5.73 Å². The van der Waals surface area contributed by atoms with Gasteiger partial charge in [-0.1, -0.05) is 13.8 Å². The normalized spacial score (nSPS) is 13.5. The predicted molar refractivity (Wildman–Crippen MR) is 63.5 cm³/mol. The van der Waals surface area contributed by atoms with Crippen molar-refractivity contribution in [1.82, 2.24) is 9.88 Å². The second-order valence-corrected chi connectivity index (χ2v) is 4.37. The molecule has 0 radical (unpaired) electrons. The van der Waals surface area contributed by atoms with Gasteiger partial charge in [-0.25, -0.2) is 0 Å². The van der Waals surface area contributed by atoms with Crippen molar-refractivity contribution in [2.45, 2.75) is 19.9 Å². The van der Waals surface area contributed by atoms with Crippen molar-refractivity contribution < 1.29 is 0 Å². The van der Waals surface area contributed by atoms with E-state index in [9.17, 15) is 0 Å². The van der Waals surface area contributed by atoms with Gasteiger partial charge in [0.2, 0.25) is 0 Å². The van der Waals surface area contributed by atoms with Crippen molar-refractivity contribution in [3.8, 4) is 0 Å². The van der Waals surface area contributed by atoms with Gasteiger partial charge in [0.25, 0.3) is 0 Å². The van der Waals surface area contributed by atoms with Crippen molar-refractivity contribution in [3.63, 3.8) is 0 Å². The molecule has 0 spiro atoms. The van der Waals surface area contributed by atoms with Gasteiger partial charge in [-0.2, -0.15) is 0 Å². The minimum absolute atomic E-state index is 0.301. The molecule has 1 heterocycles. The summed E-state index contributed by atoms with van der Waals surface area (Å²) < 4.78 is 0. The van der Waals surface area contributed by atoms with E-state index in [-0.39, 0.29) is 0 Å². The number of aromatic nitrogens is 1. The molecule has 0 fully saturated rings. The maximum Gasteiger partial charge on any atom is 0.0468 e. The highest BCUT2D eigenvalue weighted by molar-refractivity contribution is 5.15. The highest BCUT2D eigenvalue weighted by atomic mass is 15.1. The van der Waals surface area contributed by atoms with Gasteiger partial charge in [0, 0.05) is 31.5 Å². The van der Waals surface area contributed by atoms with Gasteiger partial charge < -0.3 is 5.73 Å². The van der Waals surface area contributed by atoms with Crippen LogP contribution in [0, 0.1) is 5.92 Å². The van der Waals surface area contributed by atoms with E-state index in [0.717, 1.165) is 6.54 Å². The molecule has 3 heteroatoms. The van der Waals surface area contributed by atoms with Crippen LogP contribution >= 0.6 is 0 Å². The van der Waals surface area contributed by atoms with Gasteiger partial charge in [-0.15, -0.1) is 0 Å². The maximum absolute atomic E-state index is 5.82. The lowest BCUT2D eigenvalue weighted by atomic mass is 10.1. The Kier molecular flexibility index (Phi) is 4.72. The van der Waals surface area contributed by atoms with Crippen LogP contribution in [0.1, 0.15) is 25.5 Å². The van der Waals surface area contributed by atoms with Gasteiger partial charge in [0.05, 0.1) is 0 Å². The first-order valence-electron chi connectivity index (χ1n) is 5.45. The summed E-state index contributed by atoms with van der Waals surface area (Å²) in [5.74, 6) is 0.658. The summed E-state index contributed by atoms with van der Waals surface area (Å²) in [6.45, 7) is 6.14. The summed E-state index contributed by atoms with van der Waals surface area (Å²) >= 11 is 0. The number of pyridine rings is 1. The second kappa shape index (κ2) is 5.83. The molecule has 2 N–H and O–H groups in total. The number of rotatable bonds is 5. The van der Waals surface area contributed by atoms with Gasteiger partial charge in [-0.3, -0.25) is 9.88 Å². The van der Waals surface area contributed by atoms with Crippen LogP contribution in [0.15, 0.2) is 24.5 Å². The first kappa shape index (κ1) is 12.1. The van der Waals surface area contributed by atoms with E-state index in [1.165, 1.54) is 5.56 Å². The first-order chi connectivity index (χ1) is 7.15. The summed E-state index contributed by atoms with van der Waals surface area (Å²) in [4.78, 5) is 6.33. The van der Waals surface area contributed by atoms with E-state index >= 15 is 0 Å². The summed E-state index contributed by atoms with van der Waals surface area (Å²) in [5.41, 5.74) is 7.07. The molecule has 0 saturated heterocycles. The number of likely N-dealkylation sites (N-methyl/N-ethyl adjacent to an activating group) is 1. The molecule has 0 aliphatic rings. The van der Waals surface area contributed by atoms with E-state index in [2.05, 4.69) is 30.8 Å². The third kappa shape index (κ3) is 3.61. The van der Waals surface area contributed by atoms with Crippen LogP contribution in [-0.4, -0.2) is 30.0 Å². The molecule has 1 aromatic heterocycles. The highest BCUT2D eigenvalue weighted by Crippen LogP contribution is 2.18. The topological polar surface area (TPSA) is 42.1 Å². The van der Waals surface area contributed by atoms with Gasteiger partial charge in [-0.05, 0) is 30.7 Å². The van der Waals surface area contributed by atoms with E-state index in [0.29, 0.717) is 18.5 Å². The Morgan fingerprint density at radius 2 is 1.93 bits per heavy atom. The fourth-order valence-electron chi connectivity index (χ4n) is 1.86. The Labute approximate surface area is 92.3 Å². The SMILES string of the molecule is CC(C)CN(C)C(CN)c1ccncc1. The standard InChI is InChI=1S/C12H21N3/c1-10(2)9-15(3)12(8-13)11-4-6-14-7-5-11/h4-7,10,12H,8-9,13H2,1-3H3. The van der Waals surface area contributed by atoms with Crippen molar-refractivity contribution in [2.24, 2.45) is 11.7 Å². The summed E-state index contributed by atoms with van der Waals surface area (Å²) in [5, 5.41) is 0. The van der Waals surface area contributed by atoms with E-state index < -0.39 is 0 Å². The number of nitrogens with zero attached hydrogens (tertiary/aromatic N) is 2. The average Bonchev–Trinajstić information content (AvgIpc) is 2.19. The maximum atomic E-state index is 5.82. The van der Waals surface area contributed by atoms with Crippen LogP contribution in [0.2, 0.25) is 0 Å². The van der Waals surface area contributed by atoms with Gasteiger partial charge >= 0.3 is 0 Å². The van der Waals surface area contributed by atoms with Crippen LogP contribution in [0.3, 0.4) is 0 Å². The monoisotopic (exact) mass is 207 g/mol. The smallest absolute Gasteiger partial charge is 0.0468 e. The fraction of sp³-hybridized carbons (Fsp3) is 0.583. The van der Waals surface area contributed by atoms with Gasteiger partial charge in [0.1, 0.15) is 0 Å². The van der Waals surface area contributed by atoms with Gasteiger partial charge in [0.15, 0.2) is 0 Å². The zero-order valence-electron chi connectivity index (χ0n) is 9.85. The molecule has 0 aliphatic carbocycles. The molecule has 0 saturated carbocycles. The average molecular weight is 207 g/mol. The molecule has 15 heavy (non-hydrogen) atoms. The van der Waals surface area contributed by atoms with Crippen LogP contribution < -0.4 is 5.73 Å². The lowest BCUT2D eigenvalue weighted by molar-refractivity contribution is 0.223. The molecule has 1 aromatic rings. The Bertz CT molecular complexity index is 271. The Morgan fingerprint density at radius 1 is 1.33 bits per heavy atom. The Hall–Kier alpha value is -0.930. The fourth-order valence-corrected chi connectivity index (χ4v) is 1.86. The molecule has 0 bridgehead atoms. The summed E-state index contributed by atoms with van der Waals surface area (Å²) in [6.07, 6.45) is 3.64. The van der Waals surface area contributed by atoms with Crippen LogP contribution in [0.4, 0.5) is 0 Å². The predicted octanol–water partition coefficient (Wildman–Crippen LogP) is 1.67. The van der Waals surface area contributed by atoms with Crippen LogP contribution in [-0.2, 0) is 0 Å². The molecule has 0 aliphatic heterocycles. The summed E-state index contributed by atoms with van der Waals surface area (Å²) in [6, 6.07) is 4.37. The Balaban J connectivity index is 2.71. The van der Waals surface area contributed by atoms with Crippen molar-refractivity contribution >= 4 is 0 Å². The zero-order chi connectivity index (χ0) is 11.3. The molecule has 0 aromatic carbocycles. The Morgan fingerprint density at radius 3 is 2.40 bits per heavy atom. The first-order valence-corrected chi connectivity index (χ1v) is 5.45. The van der Waals surface area contributed by atoms with Crippen LogP contribution in [0.5, 0.6) is 0 Å². The molecule has 0 amide bonds. The lowest BCUT2D eigenvalue weighted by Gasteiger charge is -2.28. The lowest BCUT2D eigenvalue weighted by Crippen LogP contribution is -2.33. The molecule has 3 nitrogen and oxygen atoms in total. The number of hydrogen-bond donors (Lipinski definition) is 1. The molecule has 1 rings (SSSR count). The zero-order valence-corrected chi connectivity index (χ0v) is 9.85. The molecular weight excluding hydrogens is 186 g/mol. The molecular formula is C12H21N3. The quantitative estimate of drug-likeness (QED) is 0.798. The third-order valence-corrected chi connectivity index (χ3v) is 2.50. The molecule has 1 unspecified atom stereocenters. The molecule has 1 atom stereocenters. The van der Waals surface area contributed by atoms with E-state index in [1.54, 1.807) is 0 Å². The largest absolute Gasteiger partial charge is 0.329 e. The van der Waals surface area contributed by atoms with E-state index in [1.807, 2.05) is 24.5 Å². The summed E-state index contributed by atoms with van der Waals surface area (Å²) in [7, 11) is 2.12. The van der Waals surface area contributed by atoms with Crippen molar-refractivity contribution in [1.29, 1.82) is 0 Å². The highest BCUT2D eigenvalue weighted by Gasteiger charge is 2.15. The third-order valence-electron chi connectivity index (χ3n) is 2.50. The van der Waals surface area contributed by atoms with Crippen molar-refractivity contribution in [2.75, 3.05) is 20.1 Å². The minimum atomic E-state index is 0.301. The second-order valence-electron chi connectivity index (χ2n) is 4.37. The van der Waals surface area contributed by atoms with Crippen LogP contribution in [0.25, 0.3) is 0 Å². The minimum Gasteiger partial charge on any atom is -0.329 e.